The van der Waals surface area contributed by atoms with Crippen LogP contribution in [0.3, 0.4) is 0 Å². The molecule has 0 saturated carbocycles. The Kier molecular flexibility index (Phi) is 2.95. The average Bonchev–Trinajstić information content (AvgIpc) is 2.11. The van der Waals surface area contributed by atoms with Crippen LogP contribution in [0.1, 0.15) is 24.7 Å². The van der Waals surface area contributed by atoms with Gasteiger partial charge in [0.2, 0.25) is 5.91 Å². The zero-order chi connectivity index (χ0) is 9.84. The van der Waals surface area contributed by atoms with Gasteiger partial charge in [-0.3, -0.25) is 4.79 Å². The van der Waals surface area contributed by atoms with Gasteiger partial charge in [0.25, 0.3) is 0 Å². The van der Waals surface area contributed by atoms with Gasteiger partial charge >= 0.3 is 0 Å². The van der Waals surface area contributed by atoms with Crippen LogP contribution in [0, 0.1) is 13.8 Å². The van der Waals surface area contributed by atoms with Crippen LogP contribution in [-0.2, 0) is 4.79 Å². The van der Waals surface area contributed by atoms with Crippen molar-refractivity contribution in [1.82, 2.24) is 9.97 Å². The first-order valence-electron chi connectivity index (χ1n) is 4.23. The summed E-state index contributed by atoms with van der Waals surface area (Å²) in [5.41, 5.74) is 2.33. The van der Waals surface area contributed by atoms with Crippen LogP contribution in [0.5, 0.6) is 0 Å². The van der Waals surface area contributed by atoms with E-state index in [2.05, 4.69) is 15.3 Å². The molecule has 4 nitrogen and oxygen atoms in total. The minimum atomic E-state index is -0.0130. The highest BCUT2D eigenvalue weighted by atomic mass is 16.1. The summed E-state index contributed by atoms with van der Waals surface area (Å²) in [6.07, 6.45) is 1.96. The maximum Gasteiger partial charge on any atom is 0.224 e. The molecule has 1 aromatic heterocycles. The third-order valence-corrected chi connectivity index (χ3v) is 1.81. The van der Waals surface area contributed by atoms with Gasteiger partial charge in [0, 0.05) is 6.42 Å². The standard InChI is InChI=1S/C9H13N3O/c1-4-8(13)12-9-6(2)10-5-11-7(9)3/h5H,4H2,1-3H3,(H,12,13). The Morgan fingerprint density at radius 2 is 1.92 bits per heavy atom. The summed E-state index contributed by atoms with van der Waals surface area (Å²) < 4.78 is 0. The number of nitrogens with zero attached hydrogens (tertiary/aromatic N) is 2. The fourth-order valence-corrected chi connectivity index (χ4v) is 1.00. The Bertz CT molecular complexity index is 302. The topological polar surface area (TPSA) is 54.9 Å². The van der Waals surface area contributed by atoms with Crippen LogP contribution >= 0.6 is 0 Å². The van der Waals surface area contributed by atoms with E-state index in [4.69, 9.17) is 0 Å². The van der Waals surface area contributed by atoms with E-state index in [1.165, 1.54) is 6.33 Å². The number of rotatable bonds is 2. The van der Waals surface area contributed by atoms with Gasteiger partial charge in [0.1, 0.15) is 6.33 Å². The number of carbonyl (C=O) groups excluding carboxylic acids is 1. The zero-order valence-electron chi connectivity index (χ0n) is 8.09. The summed E-state index contributed by atoms with van der Waals surface area (Å²) in [6, 6.07) is 0. The molecule has 0 spiro atoms. The summed E-state index contributed by atoms with van der Waals surface area (Å²) >= 11 is 0. The Morgan fingerprint density at radius 1 is 1.38 bits per heavy atom. The number of anilines is 1. The lowest BCUT2D eigenvalue weighted by Crippen LogP contribution is -2.12. The Labute approximate surface area is 77.4 Å². The number of hydrogen-bond acceptors (Lipinski definition) is 3. The number of carbonyl (C=O) groups is 1. The molecule has 1 rings (SSSR count). The first kappa shape index (κ1) is 9.64. The highest BCUT2D eigenvalue weighted by molar-refractivity contribution is 5.91. The predicted octanol–water partition coefficient (Wildman–Crippen LogP) is 1.44. The molecule has 4 heteroatoms. The van der Waals surface area contributed by atoms with E-state index in [1.807, 2.05) is 20.8 Å². The Balaban J connectivity index is 2.93. The quantitative estimate of drug-likeness (QED) is 0.747. The van der Waals surface area contributed by atoms with Crippen molar-refractivity contribution in [3.63, 3.8) is 0 Å². The van der Waals surface area contributed by atoms with E-state index < -0.39 is 0 Å². The lowest BCUT2D eigenvalue weighted by atomic mass is 10.3. The molecule has 13 heavy (non-hydrogen) atoms. The number of amides is 1. The van der Waals surface area contributed by atoms with Crippen molar-refractivity contribution in [3.05, 3.63) is 17.7 Å². The summed E-state index contributed by atoms with van der Waals surface area (Å²) in [4.78, 5) is 19.1. The normalized spacial score (nSPS) is 9.77. The van der Waals surface area contributed by atoms with Gasteiger partial charge in [-0.2, -0.15) is 0 Å². The van der Waals surface area contributed by atoms with E-state index in [-0.39, 0.29) is 5.91 Å². The molecule has 0 aliphatic carbocycles. The highest BCUT2D eigenvalue weighted by Crippen LogP contribution is 2.14. The number of nitrogens with one attached hydrogen (secondary N) is 1. The number of aromatic nitrogens is 2. The molecule has 70 valence electrons. The van der Waals surface area contributed by atoms with E-state index in [1.54, 1.807) is 0 Å². The molecule has 1 aromatic rings. The molecule has 1 heterocycles. The summed E-state index contributed by atoms with van der Waals surface area (Å²) in [6.45, 7) is 5.50. The van der Waals surface area contributed by atoms with Crippen LogP contribution in [-0.4, -0.2) is 15.9 Å². The molecule has 0 aromatic carbocycles. The Morgan fingerprint density at radius 3 is 2.38 bits per heavy atom. The second-order valence-corrected chi connectivity index (χ2v) is 2.82. The fourth-order valence-electron chi connectivity index (χ4n) is 1.00. The van der Waals surface area contributed by atoms with Crippen LogP contribution in [0.4, 0.5) is 5.69 Å². The fraction of sp³-hybridized carbons (Fsp3) is 0.444. The molecule has 0 saturated heterocycles. The van der Waals surface area contributed by atoms with Crippen molar-refractivity contribution < 1.29 is 4.79 Å². The van der Waals surface area contributed by atoms with Gasteiger partial charge < -0.3 is 5.32 Å². The van der Waals surface area contributed by atoms with Crippen molar-refractivity contribution in [1.29, 1.82) is 0 Å². The van der Waals surface area contributed by atoms with E-state index >= 15 is 0 Å². The SMILES string of the molecule is CCC(=O)Nc1c(C)ncnc1C. The summed E-state index contributed by atoms with van der Waals surface area (Å²) in [7, 11) is 0. The van der Waals surface area contributed by atoms with Crippen molar-refractivity contribution in [2.24, 2.45) is 0 Å². The van der Waals surface area contributed by atoms with Crippen molar-refractivity contribution in [2.45, 2.75) is 27.2 Å². The highest BCUT2D eigenvalue weighted by Gasteiger charge is 2.06. The molecule has 0 radical (unpaired) electrons. The Hall–Kier alpha value is -1.45. The zero-order valence-corrected chi connectivity index (χ0v) is 8.09. The second-order valence-electron chi connectivity index (χ2n) is 2.82. The van der Waals surface area contributed by atoms with Crippen molar-refractivity contribution in [2.75, 3.05) is 5.32 Å². The third-order valence-electron chi connectivity index (χ3n) is 1.81. The molecule has 0 bridgehead atoms. The molecule has 1 N–H and O–H groups in total. The smallest absolute Gasteiger partial charge is 0.224 e. The van der Waals surface area contributed by atoms with Gasteiger partial charge in [-0.05, 0) is 13.8 Å². The van der Waals surface area contributed by atoms with E-state index in [0.717, 1.165) is 17.1 Å². The van der Waals surface area contributed by atoms with Gasteiger partial charge in [-0.1, -0.05) is 6.92 Å². The minimum Gasteiger partial charge on any atom is -0.323 e. The average molecular weight is 179 g/mol. The number of hydrogen-bond donors (Lipinski definition) is 1. The van der Waals surface area contributed by atoms with E-state index in [0.29, 0.717) is 6.42 Å². The lowest BCUT2D eigenvalue weighted by Gasteiger charge is -2.08. The van der Waals surface area contributed by atoms with Crippen LogP contribution < -0.4 is 5.32 Å². The molecule has 0 aliphatic rings. The van der Waals surface area contributed by atoms with Crippen LogP contribution in [0.25, 0.3) is 0 Å². The first-order chi connectivity index (χ1) is 6.15. The second kappa shape index (κ2) is 3.98. The third kappa shape index (κ3) is 2.24. The predicted molar refractivity (Wildman–Crippen MR) is 50.4 cm³/mol. The van der Waals surface area contributed by atoms with Gasteiger partial charge in [0.05, 0.1) is 17.1 Å². The van der Waals surface area contributed by atoms with Crippen LogP contribution in [0.2, 0.25) is 0 Å². The number of aryl methyl sites for hydroxylation is 2. The van der Waals surface area contributed by atoms with Gasteiger partial charge in [-0.25, -0.2) is 9.97 Å². The molecule has 0 fully saturated rings. The summed E-state index contributed by atoms with van der Waals surface area (Å²) in [5, 5.41) is 2.76. The maximum absolute atomic E-state index is 11.1. The largest absolute Gasteiger partial charge is 0.323 e. The first-order valence-corrected chi connectivity index (χ1v) is 4.23. The lowest BCUT2D eigenvalue weighted by molar-refractivity contribution is -0.115. The van der Waals surface area contributed by atoms with Crippen LogP contribution in [0.15, 0.2) is 6.33 Å². The molecular formula is C9H13N3O. The van der Waals surface area contributed by atoms with Gasteiger partial charge in [0.15, 0.2) is 0 Å². The molecule has 1 amide bonds. The molecule has 0 aliphatic heterocycles. The monoisotopic (exact) mass is 179 g/mol. The molecule has 0 atom stereocenters. The van der Waals surface area contributed by atoms with Crippen molar-refractivity contribution in [3.8, 4) is 0 Å². The maximum atomic E-state index is 11.1. The summed E-state index contributed by atoms with van der Waals surface area (Å²) in [5.74, 6) is -0.0130. The molecule has 0 unspecified atom stereocenters. The van der Waals surface area contributed by atoms with E-state index in [9.17, 15) is 4.79 Å². The minimum absolute atomic E-state index is 0.0130. The molecular weight excluding hydrogens is 166 g/mol. The van der Waals surface area contributed by atoms with Gasteiger partial charge in [-0.15, -0.1) is 0 Å². The van der Waals surface area contributed by atoms with Crippen molar-refractivity contribution >= 4 is 11.6 Å².